The third-order valence-corrected chi connectivity index (χ3v) is 4.25. The predicted molar refractivity (Wildman–Crippen MR) is 78.2 cm³/mol. The van der Waals surface area contributed by atoms with Crippen LogP contribution >= 0.6 is 11.8 Å². The Bertz CT molecular complexity index is 452. The molecule has 1 aliphatic rings. The molecule has 102 valence electrons. The third-order valence-electron chi connectivity index (χ3n) is 3.09. The van der Waals surface area contributed by atoms with Gasteiger partial charge in [-0.3, -0.25) is 0 Å². The first-order chi connectivity index (χ1) is 9.33. The Balaban J connectivity index is 1.89. The van der Waals surface area contributed by atoms with Crippen molar-refractivity contribution in [3.05, 3.63) is 29.3 Å². The average molecular weight is 276 g/mol. The predicted octanol–water partition coefficient (Wildman–Crippen LogP) is 2.94. The summed E-state index contributed by atoms with van der Waals surface area (Å²) < 4.78 is 5.03. The maximum absolute atomic E-state index is 9.23. The van der Waals surface area contributed by atoms with E-state index in [2.05, 4.69) is 23.5 Å². The van der Waals surface area contributed by atoms with E-state index in [9.17, 15) is 5.26 Å². The minimum atomic E-state index is 0.702. The number of hydrogen-bond donors (Lipinski definition) is 1. The molecule has 3 nitrogen and oxygen atoms in total. The molecule has 1 aromatic rings. The number of thioether (sulfide) groups is 1. The molecule has 0 spiro atoms. The van der Waals surface area contributed by atoms with Crippen LogP contribution < -0.4 is 5.32 Å². The van der Waals surface area contributed by atoms with Crippen LogP contribution in [0.5, 0.6) is 0 Å². The molecule has 0 aromatic heterocycles. The minimum Gasteiger partial charge on any atom is -0.385 e. The zero-order chi connectivity index (χ0) is 13.5. The van der Waals surface area contributed by atoms with Crippen LogP contribution in [-0.2, 0) is 11.3 Å². The highest BCUT2D eigenvalue weighted by Crippen LogP contribution is 2.25. The van der Waals surface area contributed by atoms with Gasteiger partial charge >= 0.3 is 0 Å². The first-order valence-electron chi connectivity index (χ1n) is 6.71. The number of ether oxygens (including phenoxy) is 1. The molecule has 1 aromatic carbocycles. The molecule has 4 heteroatoms. The number of nitriles is 1. The van der Waals surface area contributed by atoms with Gasteiger partial charge < -0.3 is 10.1 Å². The number of hydrogen-bond acceptors (Lipinski definition) is 4. The molecule has 1 aliphatic carbocycles. The molecule has 0 unspecified atom stereocenters. The lowest BCUT2D eigenvalue weighted by atomic mass is 10.1. The molecule has 0 aliphatic heterocycles. The average Bonchev–Trinajstić information content (AvgIpc) is 3.26. The van der Waals surface area contributed by atoms with Crippen molar-refractivity contribution in [2.24, 2.45) is 0 Å². The van der Waals surface area contributed by atoms with E-state index in [4.69, 9.17) is 4.74 Å². The second kappa shape index (κ2) is 7.54. The zero-order valence-corrected chi connectivity index (χ0v) is 12.1. The van der Waals surface area contributed by atoms with Crippen LogP contribution in [0, 0.1) is 11.3 Å². The van der Waals surface area contributed by atoms with Crippen LogP contribution in [0.15, 0.2) is 23.1 Å². The van der Waals surface area contributed by atoms with Crippen molar-refractivity contribution in [2.45, 2.75) is 36.7 Å². The van der Waals surface area contributed by atoms with Gasteiger partial charge in [0.1, 0.15) is 6.07 Å². The van der Waals surface area contributed by atoms with Gasteiger partial charge in [-0.1, -0.05) is 6.07 Å². The van der Waals surface area contributed by atoms with Crippen molar-refractivity contribution in [3.8, 4) is 6.07 Å². The normalized spacial score (nSPS) is 14.3. The van der Waals surface area contributed by atoms with Crippen molar-refractivity contribution in [2.75, 3.05) is 19.5 Å². The fourth-order valence-corrected chi connectivity index (χ4v) is 2.74. The number of rotatable bonds is 8. The highest BCUT2D eigenvalue weighted by Gasteiger charge is 2.20. The van der Waals surface area contributed by atoms with Gasteiger partial charge in [-0.05, 0) is 37.0 Å². The van der Waals surface area contributed by atoms with E-state index in [-0.39, 0.29) is 0 Å². The summed E-state index contributed by atoms with van der Waals surface area (Å²) in [4.78, 5) is 1.08. The van der Waals surface area contributed by atoms with E-state index < -0.39 is 0 Å². The summed E-state index contributed by atoms with van der Waals surface area (Å²) in [5.74, 6) is 0.988. The topological polar surface area (TPSA) is 45.0 Å². The van der Waals surface area contributed by atoms with E-state index in [1.165, 1.54) is 18.4 Å². The first kappa shape index (κ1) is 14.4. The standard InChI is InChI=1S/C15H20N2OS/c1-18-7-2-8-19-15-6-3-12(9-13(15)10-16)11-17-14-4-5-14/h3,6,9,14,17H,2,4-5,7-8,11H2,1H3. The quantitative estimate of drug-likeness (QED) is 0.586. The van der Waals surface area contributed by atoms with Gasteiger partial charge in [0.15, 0.2) is 0 Å². The van der Waals surface area contributed by atoms with Crippen molar-refractivity contribution in [3.63, 3.8) is 0 Å². The molecule has 0 radical (unpaired) electrons. The second-order valence-corrected chi connectivity index (χ2v) is 5.93. The number of nitrogens with one attached hydrogen (secondary N) is 1. The van der Waals surface area contributed by atoms with Crippen molar-refractivity contribution in [1.82, 2.24) is 5.32 Å². The molecule has 0 atom stereocenters. The van der Waals surface area contributed by atoms with Crippen LogP contribution in [0.2, 0.25) is 0 Å². The highest BCUT2D eigenvalue weighted by atomic mass is 32.2. The second-order valence-electron chi connectivity index (χ2n) is 4.79. The highest BCUT2D eigenvalue weighted by molar-refractivity contribution is 7.99. The lowest BCUT2D eigenvalue weighted by molar-refractivity contribution is 0.200. The Morgan fingerprint density at radius 2 is 2.32 bits per heavy atom. The Morgan fingerprint density at radius 1 is 1.47 bits per heavy atom. The van der Waals surface area contributed by atoms with Crippen LogP contribution in [-0.4, -0.2) is 25.5 Å². The summed E-state index contributed by atoms with van der Waals surface area (Å²) in [6.45, 7) is 1.65. The Kier molecular flexibility index (Phi) is 5.71. The van der Waals surface area contributed by atoms with Gasteiger partial charge in [0.25, 0.3) is 0 Å². The van der Waals surface area contributed by atoms with Crippen molar-refractivity contribution < 1.29 is 4.74 Å². The summed E-state index contributed by atoms with van der Waals surface area (Å²) in [6.07, 6.45) is 3.59. The molecule has 0 heterocycles. The maximum Gasteiger partial charge on any atom is 0.100 e. The summed E-state index contributed by atoms with van der Waals surface area (Å²) in [5.41, 5.74) is 1.99. The van der Waals surface area contributed by atoms with E-state index in [1.807, 2.05) is 6.07 Å². The molecule has 1 N–H and O–H groups in total. The molecule has 0 saturated heterocycles. The van der Waals surface area contributed by atoms with Crippen LogP contribution in [0.1, 0.15) is 30.4 Å². The van der Waals surface area contributed by atoms with Gasteiger partial charge in [-0.2, -0.15) is 5.26 Å². The molecular weight excluding hydrogens is 256 g/mol. The molecule has 2 rings (SSSR count). The molecule has 1 saturated carbocycles. The number of benzene rings is 1. The lowest BCUT2D eigenvalue weighted by Gasteiger charge is -2.07. The molecule has 0 amide bonds. The first-order valence-corrected chi connectivity index (χ1v) is 7.70. The lowest BCUT2D eigenvalue weighted by Crippen LogP contribution is -2.15. The van der Waals surface area contributed by atoms with Crippen molar-refractivity contribution in [1.29, 1.82) is 5.26 Å². The smallest absolute Gasteiger partial charge is 0.100 e. The van der Waals surface area contributed by atoms with Crippen LogP contribution in [0.3, 0.4) is 0 Å². The monoisotopic (exact) mass is 276 g/mol. The Labute approximate surface area is 119 Å². The summed E-state index contributed by atoms with van der Waals surface area (Å²) in [5, 5.41) is 12.7. The molecular formula is C15H20N2OS. The van der Waals surface area contributed by atoms with E-state index in [0.717, 1.165) is 35.8 Å². The van der Waals surface area contributed by atoms with E-state index in [1.54, 1.807) is 18.9 Å². The maximum atomic E-state index is 9.23. The van der Waals surface area contributed by atoms with Crippen LogP contribution in [0.4, 0.5) is 0 Å². The Hall–Kier alpha value is -1.02. The van der Waals surface area contributed by atoms with E-state index in [0.29, 0.717) is 6.04 Å². The molecule has 0 bridgehead atoms. The van der Waals surface area contributed by atoms with Gasteiger partial charge in [0, 0.05) is 37.0 Å². The van der Waals surface area contributed by atoms with Crippen LogP contribution in [0.25, 0.3) is 0 Å². The third kappa shape index (κ3) is 4.87. The van der Waals surface area contributed by atoms with E-state index >= 15 is 0 Å². The van der Waals surface area contributed by atoms with Gasteiger partial charge in [0.2, 0.25) is 0 Å². The molecule has 1 fully saturated rings. The summed E-state index contributed by atoms with van der Waals surface area (Å²) in [6, 6.07) is 9.20. The van der Waals surface area contributed by atoms with Gasteiger partial charge in [-0.15, -0.1) is 11.8 Å². The zero-order valence-electron chi connectivity index (χ0n) is 11.3. The molecule has 19 heavy (non-hydrogen) atoms. The summed E-state index contributed by atoms with van der Waals surface area (Å²) >= 11 is 1.73. The fraction of sp³-hybridized carbons (Fsp3) is 0.533. The fourth-order valence-electron chi connectivity index (χ4n) is 1.84. The SMILES string of the molecule is COCCCSc1ccc(CNC2CC2)cc1C#N. The summed E-state index contributed by atoms with van der Waals surface area (Å²) in [7, 11) is 1.72. The van der Waals surface area contributed by atoms with Gasteiger partial charge in [-0.25, -0.2) is 0 Å². The number of methoxy groups -OCH3 is 1. The Morgan fingerprint density at radius 3 is 3.00 bits per heavy atom. The van der Waals surface area contributed by atoms with Crippen molar-refractivity contribution >= 4 is 11.8 Å². The number of nitrogens with zero attached hydrogens (tertiary/aromatic N) is 1. The largest absolute Gasteiger partial charge is 0.385 e. The minimum absolute atomic E-state index is 0.702. The van der Waals surface area contributed by atoms with Gasteiger partial charge in [0.05, 0.1) is 5.56 Å².